The number of rotatable bonds is 7. The van der Waals surface area contributed by atoms with E-state index in [1.165, 1.54) is 42.6 Å². The molecular weight excluding hydrogens is 432 g/mol. The topological polar surface area (TPSA) is 142 Å². The summed E-state index contributed by atoms with van der Waals surface area (Å²) in [7, 11) is 0. The maximum Gasteiger partial charge on any atom is 0.328 e. The van der Waals surface area contributed by atoms with Crippen LogP contribution in [0.3, 0.4) is 0 Å². The Hall–Kier alpha value is -3.11. The van der Waals surface area contributed by atoms with Gasteiger partial charge in [-0.1, -0.05) is 37.3 Å². The minimum Gasteiger partial charge on any atom is -0.478 e. The summed E-state index contributed by atoms with van der Waals surface area (Å²) in [5.41, 5.74) is 1.94. The number of aryl methyl sites for hydroxylation is 1. The van der Waals surface area contributed by atoms with Crippen LogP contribution in [0.15, 0.2) is 36.4 Å². The van der Waals surface area contributed by atoms with Gasteiger partial charge in [0, 0.05) is 35.7 Å². The van der Waals surface area contributed by atoms with Crippen LogP contribution in [0, 0.1) is 6.92 Å². The second-order valence-electron chi connectivity index (χ2n) is 7.46. The number of aliphatic carboxylic acids is 2. The molecule has 2 aliphatic carbocycles. The van der Waals surface area contributed by atoms with Crippen molar-refractivity contribution >= 4 is 34.3 Å². The van der Waals surface area contributed by atoms with Crippen LogP contribution in [0.25, 0.3) is 0 Å². The van der Waals surface area contributed by atoms with Gasteiger partial charge in [-0.05, 0) is 43.9 Å². The number of carbonyl (C=O) groups excluding carboxylic acids is 1. The smallest absolute Gasteiger partial charge is 0.328 e. The van der Waals surface area contributed by atoms with Crippen molar-refractivity contribution in [3.63, 3.8) is 0 Å². The van der Waals surface area contributed by atoms with Crippen molar-refractivity contribution < 1.29 is 24.6 Å². The average molecular weight is 461 g/mol. The molecule has 2 aromatic rings. The van der Waals surface area contributed by atoms with Crippen LogP contribution in [0.4, 0.5) is 5.13 Å². The van der Waals surface area contributed by atoms with Crippen molar-refractivity contribution in [1.29, 1.82) is 0 Å². The predicted molar refractivity (Wildman–Crippen MR) is 122 cm³/mol. The first-order valence-corrected chi connectivity index (χ1v) is 10.7. The highest BCUT2D eigenvalue weighted by atomic mass is 32.1. The minimum atomic E-state index is -1.26. The third kappa shape index (κ3) is 7.54. The maximum atomic E-state index is 12.3. The minimum absolute atomic E-state index is 0. The normalized spacial score (nSPS) is 19.2. The molecule has 1 heterocycles. The van der Waals surface area contributed by atoms with E-state index >= 15 is 0 Å². The first kappa shape index (κ1) is 25.2. The molecular formula is C22H28N4O5S. The summed E-state index contributed by atoms with van der Waals surface area (Å²) in [5, 5.41) is 31.4. The zero-order chi connectivity index (χ0) is 22.4. The summed E-state index contributed by atoms with van der Waals surface area (Å²) < 4.78 is 0. The average Bonchev–Trinajstić information content (AvgIpc) is 3.36. The molecule has 9 nitrogen and oxygen atoms in total. The number of hydrogen-bond donors (Lipinski definition) is 4. The number of nitrogens with one attached hydrogen (secondary N) is 2. The molecule has 0 saturated heterocycles. The van der Waals surface area contributed by atoms with Gasteiger partial charge in [0.05, 0.1) is 0 Å². The van der Waals surface area contributed by atoms with Crippen molar-refractivity contribution in [2.24, 2.45) is 0 Å². The molecule has 32 heavy (non-hydrogen) atoms. The molecule has 0 aliphatic heterocycles. The molecule has 2 saturated carbocycles. The SMILES string of the molecule is C.Cc1nnc(NC(=O)c2cccc([C@@H]3C[C@H]3NC3CCC3)c2)s1.O=C(O)/C=C/C(=O)O. The summed E-state index contributed by atoms with van der Waals surface area (Å²) in [6.45, 7) is 1.87. The van der Waals surface area contributed by atoms with Gasteiger partial charge in [-0.25, -0.2) is 9.59 Å². The first-order chi connectivity index (χ1) is 14.8. The van der Waals surface area contributed by atoms with E-state index in [9.17, 15) is 14.4 Å². The van der Waals surface area contributed by atoms with Gasteiger partial charge in [0.25, 0.3) is 5.91 Å². The second-order valence-corrected chi connectivity index (χ2v) is 8.64. The highest BCUT2D eigenvalue weighted by Crippen LogP contribution is 2.42. The number of aromatic nitrogens is 2. The molecule has 0 spiro atoms. The molecule has 2 atom stereocenters. The molecule has 0 radical (unpaired) electrons. The molecule has 10 heteroatoms. The Bertz CT molecular complexity index is 970. The van der Waals surface area contributed by atoms with Gasteiger partial charge in [0.1, 0.15) is 5.01 Å². The van der Waals surface area contributed by atoms with Crippen molar-refractivity contribution in [2.45, 2.75) is 58.0 Å². The van der Waals surface area contributed by atoms with E-state index in [2.05, 4.69) is 26.9 Å². The van der Waals surface area contributed by atoms with E-state index in [-0.39, 0.29) is 13.3 Å². The van der Waals surface area contributed by atoms with Crippen LogP contribution in [-0.2, 0) is 9.59 Å². The van der Waals surface area contributed by atoms with E-state index in [0.717, 1.165) is 11.0 Å². The van der Waals surface area contributed by atoms with Crippen LogP contribution in [-0.4, -0.2) is 50.3 Å². The monoisotopic (exact) mass is 460 g/mol. The van der Waals surface area contributed by atoms with Crippen LogP contribution in [0.5, 0.6) is 0 Å². The lowest BCUT2D eigenvalue weighted by atomic mass is 9.93. The molecule has 172 valence electrons. The third-order valence-electron chi connectivity index (χ3n) is 5.04. The van der Waals surface area contributed by atoms with Crippen LogP contribution in [0.2, 0.25) is 0 Å². The predicted octanol–water partition coefficient (Wildman–Crippen LogP) is 3.44. The Morgan fingerprint density at radius 2 is 1.81 bits per heavy atom. The molecule has 0 unspecified atom stereocenters. The number of carboxylic acids is 2. The highest BCUT2D eigenvalue weighted by Gasteiger charge is 2.40. The Morgan fingerprint density at radius 3 is 2.34 bits per heavy atom. The maximum absolute atomic E-state index is 12.3. The van der Waals surface area contributed by atoms with Crippen molar-refractivity contribution in [3.05, 3.63) is 52.6 Å². The zero-order valence-corrected chi connectivity index (χ0v) is 17.8. The van der Waals surface area contributed by atoms with Crippen LogP contribution < -0.4 is 10.6 Å². The summed E-state index contributed by atoms with van der Waals surface area (Å²) in [6, 6.07) is 9.26. The molecule has 1 aromatic heterocycles. The summed E-state index contributed by atoms with van der Waals surface area (Å²) in [4.78, 5) is 31.5. The van der Waals surface area contributed by atoms with E-state index in [1.807, 2.05) is 25.1 Å². The third-order valence-corrected chi connectivity index (χ3v) is 5.79. The summed E-state index contributed by atoms with van der Waals surface area (Å²) in [6.07, 6.45) is 6.28. The number of nitrogens with zero attached hydrogens (tertiary/aromatic N) is 2. The number of carbonyl (C=O) groups is 3. The summed E-state index contributed by atoms with van der Waals surface area (Å²) >= 11 is 1.39. The fourth-order valence-corrected chi connectivity index (χ4v) is 3.78. The molecule has 4 rings (SSSR count). The first-order valence-electron chi connectivity index (χ1n) is 9.93. The lowest BCUT2D eigenvalue weighted by Gasteiger charge is -2.26. The lowest BCUT2D eigenvalue weighted by molar-refractivity contribution is -0.134. The van der Waals surface area contributed by atoms with Gasteiger partial charge in [-0.3, -0.25) is 10.1 Å². The fourth-order valence-electron chi connectivity index (χ4n) is 3.19. The van der Waals surface area contributed by atoms with Gasteiger partial charge in [-0.2, -0.15) is 0 Å². The zero-order valence-electron chi connectivity index (χ0n) is 16.9. The van der Waals surface area contributed by atoms with Crippen LogP contribution >= 0.6 is 11.3 Å². The molecule has 2 fully saturated rings. The Morgan fingerprint density at radius 1 is 1.12 bits per heavy atom. The molecule has 4 N–H and O–H groups in total. The number of amides is 1. The Labute approximate surface area is 190 Å². The van der Waals surface area contributed by atoms with Gasteiger partial charge < -0.3 is 15.5 Å². The van der Waals surface area contributed by atoms with E-state index in [1.54, 1.807) is 0 Å². The van der Waals surface area contributed by atoms with Crippen molar-refractivity contribution in [2.75, 3.05) is 5.32 Å². The molecule has 2 aliphatic rings. The Balaban J connectivity index is 0.000000350. The van der Waals surface area contributed by atoms with Crippen molar-refractivity contribution in [3.8, 4) is 0 Å². The van der Waals surface area contributed by atoms with E-state index in [4.69, 9.17) is 10.2 Å². The quantitative estimate of drug-likeness (QED) is 0.460. The van der Waals surface area contributed by atoms with Gasteiger partial charge in [0.15, 0.2) is 0 Å². The number of benzene rings is 1. The Kier molecular flexibility index (Phi) is 9.03. The largest absolute Gasteiger partial charge is 0.478 e. The van der Waals surface area contributed by atoms with Gasteiger partial charge in [0.2, 0.25) is 5.13 Å². The molecule has 1 amide bonds. The second kappa shape index (κ2) is 11.5. The standard InChI is InChI=1S/C17H20N4OS.C4H4O4.CH4/c1-10-20-21-17(23-10)19-16(22)12-5-2-4-11(8-12)14-9-15(14)18-13-6-3-7-13;5-3(6)1-2-4(7)8;/h2,4-5,8,13-15,18H,3,6-7,9H2,1H3,(H,19,21,22);1-2H,(H,5,6)(H,7,8);1H4/b;2-1+;/t14-,15+;;/m0../s1. The van der Waals surface area contributed by atoms with Gasteiger partial charge in [-0.15, -0.1) is 10.2 Å². The van der Waals surface area contributed by atoms with E-state index < -0.39 is 11.9 Å². The number of anilines is 1. The molecule has 0 bridgehead atoms. The van der Waals surface area contributed by atoms with Crippen LogP contribution in [0.1, 0.15) is 60.0 Å². The number of hydrogen-bond acceptors (Lipinski definition) is 7. The highest BCUT2D eigenvalue weighted by molar-refractivity contribution is 7.15. The van der Waals surface area contributed by atoms with Gasteiger partial charge >= 0.3 is 11.9 Å². The number of carboxylic acid groups (broad SMARTS) is 2. The van der Waals surface area contributed by atoms with E-state index in [0.29, 0.717) is 34.8 Å². The fraction of sp³-hybridized carbons (Fsp3) is 0.409. The molecule has 1 aromatic carbocycles. The lowest BCUT2D eigenvalue weighted by Crippen LogP contribution is -2.37. The summed E-state index contributed by atoms with van der Waals surface area (Å²) in [5.74, 6) is -2.08. The van der Waals surface area contributed by atoms with Crippen molar-refractivity contribution in [1.82, 2.24) is 15.5 Å².